The number of carbonyl (C=O) groups excluding carboxylic acids is 1. The Hall–Kier alpha value is -0.530. The Labute approximate surface area is 88.7 Å². The van der Waals surface area contributed by atoms with Crippen molar-refractivity contribution in [1.82, 2.24) is 4.90 Å². The van der Waals surface area contributed by atoms with Crippen LogP contribution in [0.3, 0.4) is 0 Å². The van der Waals surface area contributed by atoms with E-state index in [0.29, 0.717) is 5.91 Å². The molecule has 0 aromatic rings. The van der Waals surface area contributed by atoms with Crippen LogP contribution in [-0.4, -0.2) is 23.9 Å². The average Bonchev–Trinajstić information content (AvgIpc) is 2.19. The van der Waals surface area contributed by atoms with E-state index < -0.39 is 0 Å². The zero-order valence-corrected chi connectivity index (χ0v) is 8.72. The van der Waals surface area contributed by atoms with E-state index in [1.54, 1.807) is 0 Å². The van der Waals surface area contributed by atoms with Crippen LogP contribution in [0.5, 0.6) is 0 Å². The standard InChI is InChI=1S/C11H21NO.CH4/c1-2-3-5-8-11(13)12-9-6-4-7-10-12;/h2-10H2,1H3;1H4. The molecule has 1 heterocycles. The Morgan fingerprint density at radius 2 is 1.79 bits per heavy atom. The molecule has 1 aliphatic rings. The molecule has 0 unspecified atom stereocenters. The number of piperidine rings is 1. The lowest BCUT2D eigenvalue weighted by Crippen LogP contribution is -2.35. The molecule has 1 rings (SSSR count). The summed E-state index contributed by atoms with van der Waals surface area (Å²) >= 11 is 0. The van der Waals surface area contributed by atoms with Crippen molar-refractivity contribution >= 4 is 5.91 Å². The number of unbranched alkanes of at least 4 members (excludes halogenated alkanes) is 2. The van der Waals surface area contributed by atoms with Crippen LogP contribution in [0, 0.1) is 0 Å². The Kier molecular flexibility index (Phi) is 7.54. The van der Waals surface area contributed by atoms with E-state index in [1.807, 2.05) is 4.90 Å². The minimum absolute atomic E-state index is 0. The highest BCUT2D eigenvalue weighted by atomic mass is 16.2. The van der Waals surface area contributed by atoms with Gasteiger partial charge in [0, 0.05) is 19.5 Å². The monoisotopic (exact) mass is 199 g/mol. The van der Waals surface area contributed by atoms with Gasteiger partial charge in [-0.25, -0.2) is 0 Å². The van der Waals surface area contributed by atoms with E-state index in [0.717, 1.165) is 25.9 Å². The second-order valence-corrected chi connectivity index (χ2v) is 3.90. The Balaban J connectivity index is 0.00000169. The molecule has 1 saturated heterocycles. The zero-order chi connectivity index (χ0) is 9.52. The minimum atomic E-state index is 0. The molecule has 0 spiro atoms. The zero-order valence-electron chi connectivity index (χ0n) is 8.72. The molecular weight excluding hydrogens is 174 g/mol. The third kappa shape index (κ3) is 4.64. The summed E-state index contributed by atoms with van der Waals surface area (Å²) in [6, 6.07) is 0. The van der Waals surface area contributed by atoms with Gasteiger partial charge < -0.3 is 4.90 Å². The summed E-state index contributed by atoms with van der Waals surface area (Å²) < 4.78 is 0. The molecule has 14 heavy (non-hydrogen) atoms. The molecule has 1 amide bonds. The lowest BCUT2D eigenvalue weighted by Gasteiger charge is -2.26. The van der Waals surface area contributed by atoms with E-state index in [-0.39, 0.29) is 7.43 Å². The molecule has 0 radical (unpaired) electrons. The van der Waals surface area contributed by atoms with Gasteiger partial charge in [-0.05, 0) is 25.7 Å². The van der Waals surface area contributed by atoms with Crippen LogP contribution >= 0.6 is 0 Å². The predicted octanol–water partition coefficient (Wildman–Crippen LogP) is 3.22. The Morgan fingerprint density at radius 3 is 2.36 bits per heavy atom. The molecule has 2 heteroatoms. The second kappa shape index (κ2) is 7.84. The van der Waals surface area contributed by atoms with Crippen LogP contribution in [-0.2, 0) is 4.79 Å². The van der Waals surface area contributed by atoms with Crippen molar-refractivity contribution in [3.8, 4) is 0 Å². The molecule has 0 aromatic heterocycles. The summed E-state index contributed by atoms with van der Waals surface area (Å²) in [5, 5.41) is 0. The van der Waals surface area contributed by atoms with Crippen LogP contribution in [0.4, 0.5) is 0 Å². The normalized spacial score (nSPS) is 16.2. The fraction of sp³-hybridized carbons (Fsp3) is 0.917. The topological polar surface area (TPSA) is 20.3 Å². The van der Waals surface area contributed by atoms with Crippen molar-refractivity contribution in [1.29, 1.82) is 0 Å². The van der Waals surface area contributed by atoms with Crippen LogP contribution in [0.25, 0.3) is 0 Å². The third-order valence-electron chi connectivity index (χ3n) is 2.70. The minimum Gasteiger partial charge on any atom is -0.343 e. The van der Waals surface area contributed by atoms with Gasteiger partial charge in [0.2, 0.25) is 5.91 Å². The first kappa shape index (κ1) is 13.5. The lowest BCUT2D eigenvalue weighted by atomic mass is 10.1. The number of carbonyl (C=O) groups is 1. The SMILES string of the molecule is C.CCCCCC(=O)N1CCCCC1. The molecule has 0 aliphatic carbocycles. The van der Waals surface area contributed by atoms with Gasteiger partial charge in [0.25, 0.3) is 0 Å². The third-order valence-corrected chi connectivity index (χ3v) is 2.70. The highest BCUT2D eigenvalue weighted by molar-refractivity contribution is 5.76. The molecule has 0 bridgehead atoms. The molecular formula is C12H25NO. The van der Waals surface area contributed by atoms with Crippen molar-refractivity contribution < 1.29 is 4.79 Å². The van der Waals surface area contributed by atoms with Gasteiger partial charge in [-0.1, -0.05) is 27.2 Å². The molecule has 0 atom stereocenters. The number of hydrogen-bond donors (Lipinski definition) is 0. The summed E-state index contributed by atoms with van der Waals surface area (Å²) in [5.74, 6) is 0.383. The van der Waals surface area contributed by atoms with Gasteiger partial charge in [0.05, 0.1) is 0 Å². The summed E-state index contributed by atoms with van der Waals surface area (Å²) in [5.41, 5.74) is 0. The van der Waals surface area contributed by atoms with E-state index in [1.165, 1.54) is 32.1 Å². The maximum atomic E-state index is 11.6. The number of likely N-dealkylation sites (tertiary alicyclic amines) is 1. The fourth-order valence-corrected chi connectivity index (χ4v) is 1.83. The molecule has 84 valence electrons. The maximum Gasteiger partial charge on any atom is 0.222 e. The summed E-state index contributed by atoms with van der Waals surface area (Å²) in [6.45, 7) is 4.18. The highest BCUT2D eigenvalue weighted by Gasteiger charge is 2.15. The van der Waals surface area contributed by atoms with Gasteiger partial charge in [0.1, 0.15) is 0 Å². The molecule has 0 aromatic carbocycles. The van der Waals surface area contributed by atoms with Crippen LogP contribution in [0.1, 0.15) is 59.3 Å². The summed E-state index contributed by atoms with van der Waals surface area (Å²) in [6.07, 6.45) is 7.96. The van der Waals surface area contributed by atoms with Crippen molar-refractivity contribution in [2.75, 3.05) is 13.1 Å². The fourth-order valence-electron chi connectivity index (χ4n) is 1.83. The van der Waals surface area contributed by atoms with Gasteiger partial charge in [-0.2, -0.15) is 0 Å². The number of rotatable bonds is 4. The highest BCUT2D eigenvalue weighted by Crippen LogP contribution is 2.11. The second-order valence-electron chi connectivity index (χ2n) is 3.90. The van der Waals surface area contributed by atoms with Gasteiger partial charge in [0.15, 0.2) is 0 Å². The maximum absolute atomic E-state index is 11.6. The molecule has 1 aliphatic heterocycles. The van der Waals surface area contributed by atoms with Crippen molar-refractivity contribution in [3.63, 3.8) is 0 Å². The first-order chi connectivity index (χ1) is 6.34. The Bertz CT molecular complexity index is 150. The van der Waals surface area contributed by atoms with Gasteiger partial charge in [-0.15, -0.1) is 0 Å². The van der Waals surface area contributed by atoms with Crippen molar-refractivity contribution in [2.45, 2.75) is 59.3 Å². The lowest BCUT2D eigenvalue weighted by molar-refractivity contribution is -0.132. The van der Waals surface area contributed by atoms with E-state index in [4.69, 9.17) is 0 Å². The van der Waals surface area contributed by atoms with Gasteiger partial charge in [-0.3, -0.25) is 4.79 Å². The number of nitrogens with zero attached hydrogens (tertiary/aromatic N) is 1. The molecule has 0 N–H and O–H groups in total. The Morgan fingerprint density at radius 1 is 1.14 bits per heavy atom. The summed E-state index contributed by atoms with van der Waals surface area (Å²) in [7, 11) is 0. The molecule has 1 fully saturated rings. The first-order valence-corrected chi connectivity index (χ1v) is 5.62. The predicted molar refractivity (Wildman–Crippen MR) is 61.3 cm³/mol. The average molecular weight is 199 g/mol. The molecule has 0 saturated carbocycles. The largest absolute Gasteiger partial charge is 0.343 e. The smallest absolute Gasteiger partial charge is 0.222 e. The summed E-state index contributed by atoms with van der Waals surface area (Å²) in [4.78, 5) is 13.6. The van der Waals surface area contributed by atoms with Gasteiger partial charge >= 0.3 is 0 Å². The van der Waals surface area contributed by atoms with E-state index >= 15 is 0 Å². The quantitative estimate of drug-likeness (QED) is 0.637. The molecule has 2 nitrogen and oxygen atoms in total. The number of hydrogen-bond acceptors (Lipinski definition) is 1. The first-order valence-electron chi connectivity index (χ1n) is 5.62. The van der Waals surface area contributed by atoms with Crippen LogP contribution < -0.4 is 0 Å². The van der Waals surface area contributed by atoms with Crippen LogP contribution in [0.15, 0.2) is 0 Å². The van der Waals surface area contributed by atoms with Crippen LogP contribution in [0.2, 0.25) is 0 Å². The van der Waals surface area contributed by atoms with Crippen molar-refractivity contribution in [3.05, 3.63) is 0 Å². The van der Waals surface area contributed by atoms with Crippen molar-refractivity contribution in [2.24, 2.45) is 0 Å². The van der Waals surface area contributed by atoms with E-state index in [2.05, 4.69) is 6.92 Å². The van der Waals surface area contributed by atoms with E-state index in [9.17, 15) is 4.79 Å². The number of amides is 1.